The van der Waals surface area contributed by atoms with Crippen molar-refractivity contribution < 1.29 is 14.3 Å². The molecule has 140 valence electrons. The summed E-state index contributed by atoms with van der Waals surface area (Å²) in [6.45, 7) is 2.70. The molecule has 4 rings (SSSR count). The zero-order chi connectivity index (χ0) is 17.9. The molecule has 2 N–H and O–H groups in total. The van der Waals surface area contributed by atoms with Crippen molar-refractivity contribution in [2.45, 2.75) is 56.8 Å². The Hall–Kier alpha value is -1.92. The van der Waals surface area contributed by atoms with Gasteiger partial charge >= 0.3 is 0 Å². The fourth-order valence-electron chi connectivity index (χ4n) is 4.27. The van der Waals surface area contributed by atoms with E-state index in [2.05, 4.69) is 22.8 Å². The van der Waals surface area contributed by atoms with E-state index in [-0.39, 0.29) is 30.0 Å². The average molecular weight is 357 g/mol. The molecule has 3 atom stereocenters. The molecule has 0 saturated carbocycles. The summed E-state index contributed by atoms with van der Waals surface area (Å²) in [5, 5.41) is 6.34. The summed E-state index contributed by atoms with van der Waals surface area (Å²) in [5.41, 5.74) is 2.48. The molecule has 3 aliphatic rings. The number of amides is 2. The zero-order valence-corrected chi connectivity index (χ0v) is 15.1. The standard InChI is InChI=1S/C20H27N3O3/c24-19(22-13-16-7-4-10-26-16)18-8-3-9-23(18)20(25)17-11-14-5-1-2-6-15(14)12-21-17/h1-2,5-6,16-18,21H,3-4,7-13H2,(H,22,24)/t16-,17+,18+/m1/s1. The Labute approximate surface area is 154 Å². The topological polar surface area (TPSA) is 70.7 Å². The van der Waals surface area contributed by atoms with Crippen LogP contribution in [-0.4, -0.2) is 54.6 Å². The molecule has 1 aromatic rings. The lowest BCUT2D eigenvalue weighted by molar-refractivity contribution is -0.140. The van der Waals surface area contributed by atoms with Crippen molar-refractivity contribution in [3.05, 3.63) is 35.4 Å². The van der Waals surface area contributed by atoms with Crippen LogP contribution in [0.3, 0.4) is 0 Å². The van der Waals surface area contributed by atoms with Gasteiger partial charge in [0.1, 0.15) is 6.04 Å². The van der Waals surface area contributed by atoms with Gasteiger partial charge in [0.15, 0.2) is 0 Å². The fraction of sp³-hybridized carbons (Fsp3) is 0.600. The summed E-state index contributed by atoms with van der Waals surface area (Å²) in [4.78, 5) is 27.4. The quantitative estimate of drug-likeness (QED) is 0.843. The lowest BCUT2D eigenvalue weighted by Crippen LogP contribution is -2.54. The van der Waals surface area contributed by atoms with Crippen molar-refractivity contribution in [2.24, 2.45) is 0 Å². The summed E-state index contributed by atoms with van der Waals surface area (Å²) >= 11 is 0. The smallest absolute Gasteiger partial charge is 0.242 e. The van der Waals surface area contributed by atoms with Gasteiger partial charge in [-0.05, 0) is 43.2 Å². The summed E-state index contributed by atoms with van der Waals surface area (Å²) in [6.07, 6.45) is 4.50. The van der Waals surface area contributed by atoms with Crippen LogP contribution in [0.15, 0.2) is 24.3 Å². The number of fused-ring (bicyclic) bond motifs is 1. The number of rotatable bonds is 4. The second-order valence-electron chi connectivity index (χ2n) is 7.48. The SMILES string of the molecule is O=C(NC[C@H]1CCCO1)[C@@H]1CCCN1C(=O)[C@@H]1Cc2ccccc2CN1. The first-order valence-corrected chi connectivity index (χ1v) is 9.72. The van der Waals surface area contributed by atoms with Gasteiger partial charge in [0.05, 0.1) is 12.1 Å². The molecule has 2 saturated heterocycles. The molecule has 26 heavy (non-hydrogen) atoms. The largest absolute Gasteiger partial charge is 0.376 e. The van der Waals surface area contributed by atoms with Crippen molar-refractivity contribution in [3.8, 4) is 0 Å². The van der Waals surface area contributed by atoms with Gasteiger partial charge in [0.2, 0.25) is 11.8 Å². The van der Waals surface area contributed by atoms with E-state index in [4.69, 9.17) is 4.74 Å². The normalized spacial score (nSPS) is 28.0. The summed E-state index contributed by atoms with van der Waals surface area (Å²) in [7, 11) is 0. The van der Waals surface area contributed by atoms with E-state index in [0.717, 1.165) is 32.3 Å². The number of nitrogens with one attached hydrogen (secondary N) is 2. The van der Waals surface area contributed by atoms with Gasteiger partial charge in [0, 0.05) is 26.2 Å². The van der Waals surface area contributed by atoms with Gasteiger partial charge < -0.3 is 20.3 Å². The third-order valence-electron chi connectivity index (χ3n) is 5.75. The molecule has 2 amide bonds. The summed E-state index contributed by atoms with van der Waals surface area (Å²) in [6, 6.07) is 7.65. The van der Waals surface area contributed by atoms with Crippen LogP contribution in [0.1, 0.15) is 36.8 Å². The molecule has 0 bridgehead atoms. The predicted octanol–water partition coefficient (Wildman–Crippen LogP) is 0.987. The molecule has 0 aliphatic carbocycles. The molecule has 1 aromatic carbocycles. The number of likely N-dealkylation sites (tertiary alicyclic amines) is 1. The van der Waals surface area contributed by atoms with Gasteiger partial charge in [-0.15, -0.1) is 0 Å². The molecule has 0 spiro atoms. The molecule has 0 aromatic heterocycles. The predicted molar refractivity (Wildman–Crippen MR) is 97.5 cm³/mol. The van der Waals surface area contributed by atoms with Crippen LogP contribution < -0.4 is 10.6 Å². The van der Waals surface area contributed by atoms with E-state index in [1.165, 1.54) is 11.1 Å². The van der Waals surface area contributed by atoms with E-state index < -0.39 is 0 Å². The molecule has 3 heterocycles. The van der Waals surface area contributed by atoms with Crippen LogP contribution in [0, 0.1) is 0 Å². The molecular formula is C20H27N3O3. The zero-order valence-electron chi connectivity index (χ0n) is 15.1. The molecule has 0 unspecified atom stereocenters. The second-order valence-corrected chi connectivity index (χ2v) is 7.48. The van der Waals surface area contributed by atoms with Crippen LogP contribution in [0.4, 0.5) is 0 Å². The van der Waals surface area contributed by atoms with Crippen LogP contribution in [0.25, 0.3) is 0 Å². The Balaban J connectivity index is 1.36. The van der Waals surface area contributed by atoms with Crippen LogP contribution >= 0.6 is 0 Å². The summed E-state index contributed by atoms with van der Waals surface area (Å²) in [5.74, 6) is 0.0110. The lowest BCUT2D eigenvalue weighted by atomic mass is 9.95. The van der Waals surface area contributed by atoms with Crippen LogP contribution in [0.2, 0.25) is 0 Å². The number of ether oxygens (including phenoxy) is 1. The minimum absolute atomic E-state index is 0.0393. The van der Waals surface area contributed by atoms with Crippen LogP contribution in [0.5, 0.6) is 0 Å². The maximum Gasteiger partial charge on any atom is 0.242 e. The third-order valence-corrected chi connectivity index (χ3v) is 5.75. The maximum absolute atomic E-state index is 13.0. The first-order chi connectivity index (χ1) is 12.7. The van der Waals surface area contributed by atoms with Crippen molar-refractivity contribution in [3.63, 3.8) is 0 Å². The van der Waals surface area contributed by atoms with Gasteiger partial charge in [0.25, 0.3) is 0 Å². The first-order valence-electron chi connectivity index (χ1n) is 9.72. The average Bonchev–Trinajstić information content (AvgIpc) is 3.37. The molecule has 6 heteroatoms. The highest BCUT2D eigenvalue weighted by atomic mass is 16.5. The van der Waals surface area contributed by atoms with E-state index in [1.807, 2.05) is 12.1 Å². The van der Waals surface area contributed by atoms with Crippen molar-refractivity contribution >= 4 is 11.8 Å². The van der Waals surface area contributed by atoms with Crippen molar-refractivity contribution in [1.82, 2.24) is 15.5 Å². The lowest BCUT2D eigenvalue weighted by Gasteiger charge is -2.31. The summed E-state index contributed by atoms with van der Waals surface area (Å²) < 4.78 is 5.56. The van der Waals surface area contributed by atoms with Crippen LogP contribution in [-0.2, 0) is 27.3 Å². The monoisotopic (exact) mass is 357 g/mol. The Morgan fingerprint density at radius 3 is 2.85 bits per heavy atom. The highest BCUT2D eigenvalue weighted by Gasteiger charge is 2.38. The molecule has 6 nitrogen and oxygen atoms in total. The fourth-order valence-corrected chi connectivity index (χ4v) is 4.27. The first kappa shape index (κ1) is 17.5. The van der Waals surface area contributed by atoms with Gasteiger partial charge in [-0.3, -0.25) is 9.59 Å². The maximum atomic E-state index is 13.0. The van der Waals surface area contributed by atoms with E-state index in [1.54, 1.807) is 4.90 Å². The Morgan fingerprint density at radius 1 is 1.19 bits per heavy atom. The van der Waals surface area contributed by atoms with E-state index >= 15 is 0 Å². The molecule has 2 fully saturated rings. The highest BCUT2D eigenvalue weighted by Crippen LogP contribution is 2.23. The number of hydrogen-bond donors (Lipinski definition) is 2. The van der Waals surface area contributed by atoms with Gasteiger partial charge in [-0.1, -0.05) is 24.3 Å². The molecular weight excluding hydrogens is 330 g/mol. The highest BCUT2D eigenvalue weighted by molar-refractivity contribution is 5.90. The minimum atomic E-state index is -0.345. The Bertz CT molecular complexity index is 672. The Kier molecular flexibility index (Phi) is 5.22. The minimum Gasteiger partial charge on any atom is -0.376 e. The number of nitrogens with zero attached hydrogens (tertiary/aromatic N) is 1. The van der Waals surface area contributed by atoms with Gasteiger partial charge in [-0.2, -0.15) is 0 Å². The third kappa shape index (κ3) is 3.62. The molecule has 0 radical (unpaired) electrons. The van der Waals surface area contributed by atoms with E-state index in [0.29, 0.717) is 26.1 Å². The number of benzene rings is 1. The van der Waals surface area contributed by atoms with Gasteiger partial charge in [-0.25, -0.2) is 0 Å². The number of carbonyl (C=O) groups is 2. The van der Waals surface area contributed by atoms with Crippen molar-refractivity contribution in [1.29, 1.82) is 0 Å². The molecule has 3 aliphatic heterocycles. The second kappa shape index (κ2) is 7.76. The Morgan fingerprint density at radius 2 is 2.04 bits per heavy atom. The number of hydrogen-bond acceptors (Lipinski definition) is 4. The van der Waals surface area contributed by atoms with E-state index in [9.17, 15) is 9.59 Å². The number of carbonyl (C=O) groups excluding carboxylic acids is 2. The van der Waals surface area contributed by atoms with Crippen molar-refractivity contribution in [2.75, 3.05) is 19.7 Å².